The van der Waals surface area contributed by atoms with Crippen LogP contribution in [0.1, 0.15) is 28.4 Å². The van der Waals surface area contributed by atoms with Gasteiger partial charge in [-0.3, -0.25) is 9.78 Å². The lowest BCUT2D eigenvalue weighted by atomic mass is 10.0. The Kier molecular flexibility index (Phi) is 5.77. The molecule has 0 atom stereocenters. The molecule has 0 saturated heterocycles. The molecule has 5 rings (SSSR count). The van der Waals surface area contributed by atoms with Crippen molar-refractivity contribution in [3.8, 4) is 10.6 Å². The van der Waals surface area contributed by atoms with Gasteiger partial charge in [0.2, 0.25) is 11.8 Å². The molecule has 0 fully saturated rings. The molecule has 10 heteroatoms. The number of carbonyl (C=O) groups excluding carboxylic acids is 1. The number of nitrogens with zero attached hydrogens (tertiary/aromatic N) is 3. The Hall–Kier alpha value is -2.66. The van der Waals surface area contributed by atoms with Crippen LogP contribution in [0.15, 0.2) is 29.1 Å². The fourth-order valence-electron chi connectivity index (χ4n) is 3.61. The Morgan fingerprint density at radius 1 is 1.32 bits per heavy atom. The van der Waals surface area contributed by atoms with E-state index in [0.717, 1.165) is 51.0 Å². The van der Waals surface area contributed by atoms with Gasteiger partial charge in [-0.2, -0.15) is 0 Å². The number of aromatic nitrogens is 3. The minimum absolute atomic E-state index is 0.0216. The number of rotatable bonds is 7. The van der Waals surface area contributed by atoms with Crippen LogP contribution < -0.4 is 16.0 Å². The topological polar surface area (TPSA) is 105 Å². The van der Waals surface area contributed by atoms with Gasteiger partial charge < -0.3 is 20.4 Å². The highest BCUT2D eigenvalue weighted by Gasteiger charge is 2.25. The summed E-state index contributed by atoms with van der Waals surface area (Å²) in [6.45, 7) is 4.69. The summed E-state index contributed by atoms with van der Waals surface area (Å²) in [6.07, 6.45) is 6.49. The van der Waals surface area contributed by atoms with Crippen LogP contribution in [0.3, 0.4) is 0 Å². The molecular formula is C21H22N6O2S2. The summed E-state index contributed by atoms with van der Waals surface area (Å²) >= 11 is 3.29. The molecule has 1 aliphatic heterocycles. The van der Waals surface area contributed by atoms with Crippen molar-refractivity contribution in [1.29, 1.82) is 0 Å². The largest absolute Gasteiger partial charge is 0.447 e. The van der Waals surface area contributed by atoms with Crippen LogP contribution in [0.4, 0.5) is 5.00 Å². The number of oxazole rings is 1. The number of anilines is 1. The Bertz CT molecular complexity index is 1190. The highest BCUT2D eigenvalue weighted by Crippen LogP contribution is 2.44. The fourth-order valence-corrected chi connectivity index (χ4v) is 5.92. The Labute approximate surface area is 187 Å². The zero-order valence-corrected chi connectivity index (χ0v) is 18.7. The third kappa shape index (κ3) is 4.38. The van der Waals surface area contributed by atoms with Crippen LogP contribution in [-0.4, -0.2) is 33.9 Å². The van der Waals surface area contributed by atoms with Crippen LogP contribution in [0.25, 0.3) is 20.8 Å². The molecule has 31 heavy (non-hydrogen) atoms. The first-order chi connectivity index (χ1) is 15.2. The van der Waals surface area contributed by atoms with E-state index in [0.29, 0.717) is 25.4 Å². The maximum absolute atomic E-state index is 12.7. The van der Waals surface area contributed by atoms with Gasteiger partial charge >= 0.3 is 0 Å². The Morgan fingerprint density at radius 3 is 3.10 bits per heavy atom. The monoisotopic (exact) mass is 454 g/mol. The van der Waals surface area contributed by atoms with Crippen molar-refractivity contribution in [2.45, 2.75) is 32.9 Å². The molecular weight excluding hydrogens is 432 g/mol. The standard InChI is InChI=1S/C21H22N6O2S2/c1-12-11-29-18(25-12)10-24-7-4-17(28)27-21-19(13-2-5-23-9-16(13)31-21)20-26-14-8-22-6-3-15(14)30-20/h3,6,8,11,23-24H,2,4-5,7,9-10H2,1H3,(H,27,28). The predicted molar refractivity (Wildman–Crippen MR) is 122 cm³/mol. The third-order valence-corrected chi connectivity index (χ3v) is 7.26. The van der Waals surface area contributed by atoms with Gasteiger partial charge in [-0.25, -0.2) is 9.97 Å². The first kappa shape index (κ1) is 20.3. The van der Waals surface area contributed by atoms with Gasteiger partial charge in [0.15, 0.2) is 0 Å². The van der Waals surface area contributed by atoms with E-state index in [1.807, 2.05) is 13.0 Å². The van der Waals surface area contributed by atoms with Crippen LogP contribution in [0.5, 0.6) is 0 Å². The van der Waals surface area contributed by atoms with Crippen molar-refractivity contribution in [2.24, 2.45) is 0 Å². The summed E-state index contributed by atoms with van der Waals surface area (Å²) in [5.74, 6) is 0.607. The summed E-state index contributed by atoms with van der Waals surface area (Å²) in [4.78, 5) is 27.2. The van der Waals surface area contributed by atoms with Gasteiger partial charge in [0.1, 0.15) is 21.8 Å². The summed E-state index contributed by atoms with van der Waals surface area (Å²) in [5.41, 5.74) is 4.10. The third-order valence-electron chi connectivity index (χ3n) is 5.06. The average Bonchev–Trinajstić information content (AvgIpc) is 3.46. The second-order valence-electron chi connectivity index (χ2n) is 7.35. The van der Waals surface area contributed by atoms with E-state index in [1.165, 1.54) is 10.4 Å². The van der Waals surface area contributed by atoms with Crippen LogP contribution in [0.2, 0.25) is 0 Å². The number of aryl methyl sites for hydroxylation is 1. The van der Waals surface area contributed by atoms with Gasteiger partial charge in [0.05, 0.1) is 23.1 Å². The number of fused-ring (bicyclic) bond motifs is 2. The zero-order chi connectivity index (χ0) is 21.2. The first-order valence-corrected chi connectivity index (χ1v) is 11.8. The van der Waals surface area contributed by atoms with E-state index in [9.17, 15) is 4.79 Å². The SMILES string of the molecule is Cc1coc(CNCCC(=O)Nc2sc3c(c2-c2nc4cnccc4s2)CCNC3)n1. The number of pyridine rings is 1. The Balaban J connectivity index is 1.31. The molecule has 0 unspecified atom stereocenters. The number of hydrogen-bond acceptors (Lipinski definition) is 9. The van der Waals surface area contributed by atoms with E-state index in [2.05, 4.69) is 25.9 Å². The molecule has 4 aromatic heterocycles. The molecule has 0 spiro atoms. The van der Waals surface area contributed by atoms with Gasteiger partial charge in [-0.05, 0) is 31.5 Å². The van der Waals surface area contributed by atoms with Crippen molar-refractivity contribution >= 4 is 43.8 Å². The van der Waals surface area contributed by atoms with Crippen molar-refractivity contribution in [1.82, 2.24) is 25.6 Å². The second-order valence-corrected chi connectivity index (χ2v) is 9.49. The molecule has 0 saturated carbocycles. The van der Waals surface area contributed by atoms with Gasteiger partial charge in [-0.15, -0.1) is 22.7 Å². The summed E-state index contributed by atoms with van der Waals surface area (Å²) < 4.78 is 6.41. The zero-order valence-electron chi connectivity index (χ0n) is 17.0. The highest BCUT2D eigenvalue weighted by molar-refractivity contribution is 7.22. The fraction of sp³-hybridized carbons (Fsp3) is 0.333. The van der Waals surface area contributed by atoms with E-state index in [-0.39, 0.29) is 5.91 Å². The Morgan fingerprint density at radius 2 is 2.26 bits per heavy atom. The van der Waals surface area contributed by atoms with Crippen LogP contribution in [0, 0.1) is 6.92 Å². The molecule has 3 N–H and O–H groups in total. The summed E-state index contributed by atoms with van der Waals surface area (Å²) in [7, 11) is 0. The van der Waals surface area contributed by atoms with Crippen molar-refractivity contribution in [2.75, 3.05) is 18.4 Å². The molecule has 1 aliphatic rings. The van der Waals surface area contributed by atoms with E-state index >= 15 is 0 Å². The quantitative estimate of drug-likeness (QED) is 0.367. The maximum atomic E-state index is 12.7. The lowest BCUT2D eigenvalue weighted by Gasteiger charge is -2.13. The van der Waals surface area contributed by atoms with E-state index in [4.69, 9.17) is 9.40 Å². The van der Waals surface area contributed by atoms with E-state index < -0.39 is 0 Å². The van der Waals surface area contributed by atoms with Gasteiger partial charge in [0.25, 0.3) is 0 Å². The molecule has 4 aromatic rings. The molecule has 5 heterocycles. The molecule has 0 radical (unpaired) electrons. The lowest BCUT2D eigenvalue weighted by Crippen LogP contribution is -2.22. The number of thiophene rings is 1. The molecule has 0 aliphatic carbocycles. The van der Waals surface area contributed by atoms with Crippen molar-refractivity contribution in [3.63, 3.8) is 0 Å². The van der Waals surface area contributed by atoms with E-state index in [1.54, 1.807) is 41.3 Å². The average molecular weight is 455 g/mol. The lowest BCUT2D eigenvalue weighted by molar-refractivity contribution is -0.116. The van der Waals surface area contributed by atoms with Crippen LogP contribution in [-0.2, 0) is 24.3 Å². The normalized spacial score (nSPS) is 13.5. The van der Waals surface area contributed by atoms with Crippen molar-refractivity contribution < 1.29 is 9.21 Å². The molecule has 1 amide bonds. The minimum Gasteiger partial charge on any atom is -0.447 e. The maximum Gasteiger partial charge on any atom is 0.226 e. The number of thiazole rings is 1. The number of carbonyl (C=O) groups is 1. The number of amides is 1. The predicted octanol–water partition coefficient (Wildman–Crippen LogP) is 3.48. The molecule has 0 aromatic carbocycles. The first-order valence-electron chi connectivity index (χ1n) is 10.1. The van der Waals surface area contributed by atoms with Crippen molar-refractivity contribution in [3.05, 3.63) is 46.7 Å². The number of nitrogens with one attached hydrogen (secondary N) is 3. The smallest absolute Gasteiger partial charge is 0.226 e. The van der Waals surface area contributed by atoms with Gasteiger partial charge in [0, 0.05) is 36.1 Å². The molecule has 8 nitrogen and oxygen atoms in total. The molecule has 160 valence electrons. The highest BCUT2D eigenvalue weighted by atomic mass is 32.1. The minimum atomic E-state index is -0.0216. The molecule has 0 bridgehead atoms. The summed E-state index contributed by atoms with van der Waals surface area (Å²) in [5, 5.41) is 11.6. The number of hydrogen-bond donors (Lipinski definition) is 3. The summed E-state index contributed by atoms with van der Waals surface area (Å²) in [6, 6.07) is 1.98. The van der Waals surface area contributed by atoms with Crippen LogP contribution >= 0.6 is 22.7 Å². The second kappa shape index (κ2) is 8.83. The van der Waals surface area contributed by atoms with Gasteiger partial charge in [-0.1, -0.05) is 0 Å².